The molecule has 0 aromatic rings. The second-order valence-corrected chi connectivity index (χ2v) is 31.7. The van der Waals surface area contributed by atoms with E-state index in [9.17, 15) is 43.2 Å². The molecule has 2 unspecified atom stereocenters. The van der Waals surface area contributed by atoms with Gasteiger partial charge in [0, 0.05) is 25.7 Å². The van der Waals surface area contributed by atoms with Crippen LogP contribution in [-0.4, -0.2) is 96.7 Å². The highest BCUT2D eigenvalue weighted by atomic mass is 31.2. The van der Waals surface area contributed by atoms with Gasteiger partial charge < -0.3 is 33.8 Å². The molecule has 564 valence electrons. The van der Waals surface area contributed by atoms with Crippen LogP contribution >= 0.6 is 15.6 Å². The van der Waals surface area contributed by atoms with Crippen molar-refractivity contribution in [3.63, 3.8) is 0 Å². The zero-order valence-corrected chi connectivity index (χ0v) is 63.9. The molecule has 3 N–H and O–H groups in total. The first-order valence-electron chi connectivity index (χ1n) is 39.3. The molecule has 0 heterocycles. The largest absolute Gasteiger partial charge is 0.472 e. The van der Waals surface area contributed by atoms with Crippen molar-refractivity contribution >= 4 is 39.5 Å². The lowest BCUT2D eigenvalue weighted by Gasteiger charge is -2.21. The van der Waals surface area contributed by atoms with Crippen LogP contribution in [0.25, 0.3) is 0 Å². The summed E-state index contributed by atoms with van der Waals surface area (Å²) >= 11 is 0. The molecule has 0 aliphatic heterocycles. The third kappa shape index (κ3) is 70.3. The Morgan fingerprint density at radius 2 is 0.484 bits per heavy atom. The van der Waals surface area contributed by atoms with E-state index in [1.54, 1.807) is 0 Å². The average Bonchev–Trinajstić information content (AvgIpc) is 1.74. The number of unbranched alkanes of at least 4 members (excludes halogenated alkanes) is 42. The fourth-order valence-corrected chi connectivity index (χ4v) is 13.2. The predicted octanol–water partition coefficient (Wildman–Crippen LogP) is 22.2. The summed E-state index contributed by atoms with van der Waals surface area (Å²) in [5.41, 5.74) is 0. The van der Waals surface area contributed by atoms with Crippen LogP contribution in [0.15, 0.2) is 0 Å². The Morgan fingerprint density at radius 1 is 0.284 bits per heavy atom. The summed E-state index contributed by atoms with van der Waals surface area (Å²) in [7, 11) is -9.91. The number of phosphoric ester groups is 2. The van der Waals surface area contributed by atoms with Crippen molar-refractivity contribution < 1.29 is 80.2 Å². The van der Waals surface area contributed by atoms with E-state index in [1.807, 2.05) is 0 Å². The van der Waals surface area contributed by atoms with Gasteiger partial charge in [0.05, 0.1) is 26.4 Å². The molecule has 5 atom stereocenters. The van der Waals surface area contributed by atoms with Crippen LogP contribution in [0.1, 0.15) is 389 Å². The zero-order chi connectivity index (χ0) is 70.1. The lowest BCUT2D eigenvalue weighted by atomic mass is 10.0. The Bertz CT molecular complexity index is 1850. The molecule has 0 spiro atoms. The van der Waals surface area contributed by atoms with E-state index in [0.29, 0.717) is 31.6 Å². The molecular formula is C76H148O17P2. The van der Waals surface area contributed by atoms with Gasteiger partial charge in [0.15, 0.2) is 12.2 Å². The number of ether oxygens (including phenoxy) is 4. The highest BCUT2D eigenvalue weighted by Gasteiger charge is 2.30. The predicted molar refractivity (Wildman–Crippen MR) is 386 cm³/mol. The van der Waals surface area contributed by atoms with Crippen molar-refractivity contribution in [2.45, 2.75) is 407 Å². The van der Waals surface area contributed by atoms with Crippen LogP contribution in [0, 0.1) is 17.8 Å². The maximum Gasteiger partial charge on any atom is 0.472 e. The van der Waals surface area contributed by atoms with Gasteiger partial charge in [-0.05, 0) is 43.4 Å². The quantitative estimate of drug-likeness (QED) is 0.0222. The first-order valence-corrected chi connectivity index (χ1v) is 42.3. The van der Waals surface area contributed by atoms with Gasteiger partial charge in [0.2, 0.25) is 0 Å². The monoisotopic (exact) mass is 1400 g/mol. The number of phosphoric acid groups is 2. The summed E-state index contributed by atoms with van der Waals surface area (Å²) in [6.45, 7) is 11.8. The fourth-order valence-electron chi connectivity index (χ4n) is 11.6. The highest BCUT2D eigenvalue weighted by Crippen LogP contribution is 2.45. The van der Waals surface area contributed by atoms with E-state index in [0.717, 1.165) is 108 Å². The molecule has 19 heteroatoms. The second-order valence-electron chi connectivity index (χ2n) is 28.8. The molecule has 0 aliphatic rings. The van der Waals surface area contributed by atoms with Crippen LogP contribution in [0.3, 0.4) is 0 Å². The van der Waals surface area contributed by atoms with Gasteiger partial charge in [-0.3, -0.25) is 37.3 Å². The Balaban J connectivity index is 5.17. The first-order chi connectivity index (χ1) is 45.7. The zero-order valence-electron chi connectivity index (χ0n) is 62.1. The molecule has 0 fully saturated rings. The summed E-state index contributed by atoms with van der Waals surface area (Å²) in [5, 5.41) is 10.6. The summed E-state index contributed by atoms with van der Waals surface area (Å²) in [5.74, 6) is 0.0433. The second kappa shape index (κ2) is 66.6. The van der Waals surface area contributed by atoms with Gasteiger partial charge in [-0.15, -0.1) is 0 Å². The fraction of sp³-hybridized carbons (Fsp3) is 0.947. The molecule has 0 radical (unpaired) electrons. The Kier molecular flexibility index (Phi) is 65.2. The number of aliphatic hydroxyl groups excluding tert-OH is 1. The number of rotatable bonds is 74. The van der Waals surface area contributed by atoms with Gasteiger partial charge in [0.25, 0.3) is 0 Å². The number of aliphatic hydroxyl groups is 1. The Morgan fingerprint density at radius 3 is 0.716 bits per heavy atom. The van der Waals surface area contributed by atoms with Gasteiger partial charge in [0.1, 0.15) is 19.3 Å². The smallest absolute Gasteiger partial charge is 0.462 e. The standard InChI is InChI=1S/C76H148O17P2/c1-8-9-10-11-12-13-14-15-16-17-18-19-20-21-22-23-24-25-28-37-45-52-59-75(80)92-71(63-86-73(78)57-50-43-36-29-26-27-33-40-47-54-67(2)3)65-90-94(82,83)88-61-70(77)62-89-95(84,85)91-66-72(64-87-74(79)58-51-44-39-32-35-42-49-56-69(6)7)93-76(81)60-53-46-38-31-30-34-41-48-55-68(4)5/h67-72,77H,8-66H2,1-7H3,(H,82,83)(H,84,85)/t70-,71-,72-/m1/s1. The normalized spacial score (nSPS) is 14.1. The van der Waals surface area contributed by atoms with Crippen molar-refractivity contribution in [1.29, 1.82) is 0 Å². The van der Waals surface area contributed by atoms with Crippen molar-refractivity contribution in [2.24, 2.45) is 17.8 Å². The minimum atomic E-state index is -4.96. The van der Waals surface area contributed by atoms with Crippen molar-refractivity contribution in [2.75, 3.05) is 39.6 Å². The van der Waals surface area contributed by atoms with E-state index in [-0.39, 0.29) is 25.7 Å². The van der Waals surface area contributed by atoms with E-state index in [4.69, 9.17) is 37.0 Å². The number of esters is 4. The molecule has 0 saturated carbocycles. The SMILES string of the molecule is CCCCCCCCCCCCCCCCCCCCCCCCC(=O)O[C@H](COC(=O)CCCCCCCCCCCC(C)C)COP(=O)(O)OC[C@@H](O)COP(=O)(O)OC[C@@H](COC(=O)CCCCCCCCCC(C)C)OC(=O)CCCCCCCCCCC(C)C. The first kappa shape index (κ1) is 93.1. The number of hydrogen-bond donors (Lipinski definition) is 3. The minimum Gasteiger partial charge on any atom is -0.462 e. The molecule has 0 aliphatic carbocycles. The lowest BCUT2D eigenvalue weighted by molar-refractivity contribution is -0.161. The molecule has 17 nitrogen and oxygen atoms in total. The van der Waals surface area contributed by atoms with Crippen LogP contribution in [0.2, 0.25) is 0 Å². The molecule has 0 bridgehead atoms. The molecule has 0 amide bonds. The molecule has 95 heavy (non-hydrogen) atoms. The summed E-state index contributed by atoms with van der Waals surface area (Å²) < 4.78 is 68.4. The average molecular weight is 1400 g/mol. The summed E-state index contributed by atoms with van der Waals surface area (Å²) in [4.78, 5) is 72.7. The lowest BCUT2D eigenvalue weighted by Crippen LogP contribution is -2.30. The van der Waals surface area contributed by atoms with E-state index >= 15 is 0 Å². The number of carbonyl (C=O) groups is 4. The summed E-state index contributed by atoms with van der Waals surface area (Å²) in [6.07, 6.45) is 53.1. The van der Waals surface area contributed by atoms with Crippen LogP contribution in [0.5, 0.6) is 0 Å². The molecule has 0 saturated heterocycles. The Labute approximate surface area is 581 Å². The third-order valence-electron chi connectivity index (χ3n) is 17.6. The van der Waals surface area contributed by atoms with E-state index in [1.165, 1.54) is 193 Å². The Hall–Kier alpha value is -1.94. The topological polar surface area (TPSA) is 237 Å². The van der Waals surface area contributed by atoms with Crippen molar-refractivity contribution in [3.05, 3.63) is 0 Å². The number of hydrogen-bond acceptors (Lipinski definition) is 15. The molecule has 0 aromatic carbocycles. The van der Waals surface area contributed by atoms with E-state index < -0.39 is 97.5 Å². The van der Waals surface area contributed by atoms with E-state index in [2.05, 4.69) is 48.5 Å². The minimum absolute atomic E-state index is 0.104. The highest BCUT2D eigenvalue weighted by molar-refractivity contribution is 7.47. The molecular weight excluding hydrogens is 1250 g/mol. The van der Waals surface area contributed by atoms with Crippen LogP contribution < -0.4 is 0 Å². The van der Waals surface area contributed by atoms with Gasteiger partial charge >= 0.3 is 39.5 Å². The van der Waals surface area contributed by atoms with Gasteiger partial charge in [-0.1, -0.05) is 337 Å². The third-order valence-corrected chi connectivity index (χ3v) is 19.5. The molecule has 0 aromatic heterocycles. The summed E-state index contributed by atoms with van der Waals surface area (Å²) in [6, 6.07) is 0. The molecule has 0 rings (SSSR count). The van der Waals surface area contributed by atoms with Crippen LogP contribution in [-0.2, 0) is 65.4 Å². The van der Waals surface area contributed by atoms with Gasteiger partial charge in [-0.25, -0.2) is 9.13 Å². The van der Waals surface area contributed by atoms with Crippen molar-refractivity contribution in [1.82, 2.24) is 0 Å². The van der Waals surface area contributed by atoms with Gasteiger partial charge in [-0.2, -0.15) is 0 Å². The van der Waals surface area contributed by atoms with Crippen molar-refractivity contribution in [3.8, 4) is 0 Å². The maximum atomic E-state index is 13.1. The van der Waals surface area contributed by atoms with Crippen LogP contribution in [0.4, 0.5) is 0 Å². The number of carbonyl (C=O) groups excluding carboxylic acids is 4. The maximum absolute atomic E-state index is 13.1.